The van der Waals surface area contributed by atoms with E-state index in [0.717, 1.165) is 25.6 Å². The van der Waals surface area contributed by atoms with E-state index < -0.39 is 0 Å². The molecule has 0 aromatic rings. The second-order valence-corrected chi connectivity index (χ2v) is 4.04. The first-order valence-electron chi connectivity index (χ1n) is 4.46. The zero-order valence-corrected chi connectivity index (χ0v) is 10.6. The third-order valence-electron chi connectivity index (χ3n) is 3.02. The summed E-state index contributed by atoms with van der Waals surface area (Å²) in [5.41, 5.74) is 6.14. The minimum Gasteiger partial charge on any atom is -0.330 e. The zero-order valence-electron chi connectivity index (χ0n) is 8.12. The minimum absolute atomic E-state index is 0. The molecular weight excluding hydrogens is 244 g/mol. The van der Waals surface area contributed by atoms with Crippen molar-refractivity contribution >= 4 is 37.2 Å². The Morgan fingerprint density at radius 1 is 1.07 bits per heavy atom. The molecular formula is C8H20Cl3N3. The molecule has 2 bridgehead atoms. The monoisotopic (exact) mass is 263 g/mol. The van der Waals surface area contributed by atoms with E-state index in [1.54, 1.807) is 0 Å². The average molecular weight is 265 g/mol. The van der Waals surface area contributed by atoms with E-state index >= 15 is 0 Å². The Balaban J connectivity index is 0. The fraction of sp³-hybridized carbons (Fsp3) is 1.00. The average Bonchev–Trinajstić information content (AvgIpc) is 2.05. The zero-order chi connectivity index (χ0) is 7.73. The number of nitrogens with two attached hydrogens (primary N) is 1. The van der Waals surface area contributed by atoms with Crippen LogP contribution >= 0.6 is 37.2 Å². The fourth-order valence-electron chi connectivity index (χ4n) is 2.35. The quantitative estimate of drug-likeness (QED) is 0.643. The van der Waals surface area contributed by atoms with Crippen LogP contribution in [0.1, 0.15) is 6.42 Å². The van der Waals surface area contributed by atoms with Gasteiger partial charge in [-0.25, -0.2) is 0 Å². The van der Waals surface area contributed by atoms with Gasteiger partial charge in [0.05, 0.1) is 0 Å². The summed E-state index contributed by atoms with van der Waals surface area (Å²) in [5, 5.41) is 6.92. The van der Waals surface area contributed by atoms with Crippen molar-refractivity contribution in [3.8, 4) is 0 Å². The molecule has 4 N–H and O–H groups in total. The van der Waals surface area contributed by atoms with E-state index in [1.807, 2.05) is 0 Å². The maximum atomic E-state index is 5.76. The van der Waals surface area contributed by atoms with Crippen molar-refractivity contribution in [3.05, 3.63) is 0 Å². The number of hydrogen-bond acceptors (Lipinski definition) is 3. The fourth-order valence-corrected chi connectivity index (χ4v) is 2.35. The number of piperidine rings is 2. The second kappa shape index (κ2) is 7.09. The minimum atomic E-state index is 0. The smallest absolute Gasteiger partial charge is 0.00785 e. The molecule has 0 radical (unpaired) electrons. The van der Waals surface area contributed by atoms with Gasteiger partial charge in [-0.3, -0.25) is 0 Å². The van der Waals surface area contributed by atoms with E-state index in [-0.39, 0.29) is 37.2 Å². The third kappa shape index (κ3) is 3.40. The molecule has 88 valence electrons. The second-order valence-electron chi connectivity index (χ2n) is 4.04. The van der Waals surface area contributed by atoms with Gasteiger partial charge >= 0.3 is 0 Å². The number of fused-ring (bicyclic) bond motifs is 2. The Kier molecular flexibility index (Phi) is 8.69. The van der Waals surface area contributed by atoms with Gasteiger partial charge in [0.15, 0.2) is 0 Å². The van der Waals surface area contributed by atoms with Crippen LogP contribution in [0, 0.1) is 11.3 Å². The van der Waals surface area contributed by atoms with Crippen molar-refractivity contribution in [1.29, 1.82) is 0 Å². The van der Waals surface area contributed by atoms with Crippen LogP contribution in [-0.4, -0.2) is 32.7 Å². The molecule has 0 spiro atoms. The molecule has 2 heterocycles. The van der Waals surface area contributed by atoms with Gasteiger partial charge in [0.1, 0.15) is 0 Å². The van der Waals surface area contributed by atoms with E-state index in [9.17, 15) is 0 Å². The van der Waals surface area contributed by atoms with Crippen molar-refractivity contribution in [3.63, 3.8) is 0 Å². The molecule has 3 nitrogen and oxygen atoms in total. The van der Waals surface area contributed by atoms with Crippen LogP contribution in [0.5, 0.6) is 0 Å². The SMILES string of the molecule is Cl.Cl.Cl.NCC12CNCC(CNC1)C2. The van der Waals surface area contributed by atoms with Gasteiger partial charge in [0.25, 0.3) is 0 Å². The van der Waals surface area contributed by atoms with Crippen molar-refractivity contribution in [2.24, 2.45) is 17.1 Å². The number of halogens is 3. The number of hydrogen-bond donors (Lipinski definition) is 3. The van der Waals surface area contributed by atoms with Gasteiger partial charge in [-0.15, -0.1) is 37.2 Å². The van der Waals surface area contributed by atoms with Gasteiger partial charge < -0.3 is 16.4 Å². The van der Waals surface area contributed by atoms with Gasteiger partial charge in [-0.05, 0) is 25.4 Å². The van der Waals surface area contributed by atoms with E-state index in [0.29, 0.717) is 5.41 Å². The lowest BCUT2D eigenvalue weighted by molar-refractivity contribution is 0.120. The summed E-state index contributed by atoms with van der Waals surface area (Å²) in [5.74, 6) is 0.820. The predicted octanol–water partition coefficient (Wildman–Crippen LogP) is 0.410. The molecule has 2 saturated heterocycles. The first kappa shape index (κ1) is 17.2. The number of rotatable bonds is 1. The molecule has 2 fully saturated rings. The number of nitrogens with one attached hydrogen (secondary N) is 2. The van der Waals surface area contributed by atoms with Gasteiger partial charge in [0, 0.05) is 25.0 Å². The lowest BCUT2D eigenvalue weighted by Gasteiger charge is -2.45. The molecule has 0 aromatic carbocycles. The Labute approximate surface area is 104 Å². The molecule has 2 aliphatic rings. The highest BCUT2D eigenvalue weighted by Crippen LogP contribution is 2.30. The highest BCUT2D eigenvalue weighted by atomic mass is 35.5. The Morgan fingerprint density at radius 3 is 1.93 bits per heavy atom. The van der Waals surface area contributed by atoms with Crippen molar-refractivity contribution < 1.29 is 0 Å². The largest absolute Gasteiger partial charge is 0.330 e. The normalized spacial score (nSPS) is 34.5. The van der Waals surface area contributed by atoms with Crippen LogP contribution in [0.15, 0.2) is 0 Å². The summed E-state index contributed by atoms with van der Waals surface area (Å²) in [4.78, 5) is 0. The van der Waals surface area contributed by atoms with Crippen molar-refractivity contribution in [1.82, 2.24) is 10.6 Å². The molecule has 0 atom stereocenters. The third-order valence-corrected chi connectivity index (χ3v) is 3.02. The van der Waals surface area contributed by atoms with Crippen LogP contribution in [0.4, 0.5) is 0 Å². The molecule has 0 saturated carbocycles. The highest BCUT2D eigenvalue weighted by molar-refractivity contribution is 5.86. The van der Waals surface area contributed by atoms with Gasteiger partial charge in [-0.1, -0.05) is 0 Å². The first-order chi connectivity index (χ1) is 5.35. The van der Waals surface area contributed by atoms with E-state index in [2.05, 4.69) is 10.6 Å². The maximum Gasteiger partial charge on any atom is 0.00785 e. The summed E-state index contributed by atoms with van der Waals surface area (Å²) in [7, 11) is 0. The van der Waals surface area contributed by atoms with Crippen molar-refractivity contribution in [2.75, 3.05) is 32.7 Å². The molecule has 0 amide bonds. The van der Waals surface area contributed by atoms with E-state index in [4.69, 9.17) is 5.73 Å². The van der Waals surface area contributed by atoms with Gasteiger partial charge in [0.2, 0.25) is 0 Å². The first-order valence-corrected chi connectivity index (χ1v) is 4.46. The van der Waals surface area contributed by atoms with Crippen molar-refractivity contribution in [2.45, 2.75) is 6.42 Å². The lowest BCUT2D eigenvalue weighted by atomic mass is 9.73. The summed E-state index contributed by atoms with van der Waals surface area (Å²) >= 11 is 0. The Hall–Kier alpha value is 0.750. The van der Waals surface area contributed by atoms with Crippen LogP contribution in [0.2, 0.25) is 0 Å². The summed E-state index contributed by atoms with van der Waals surface area (Å²) in [6, 6.07) is 0. The molecule has 2 aliphatic heterocycles. The molecule has 0 unspecified atom stereocenters. The van der Waals surface area contributed by atoms with Gasteiger partial charge in [-0.2, -0.15) is 0 Å². The molecule has 2 rings (SSSR count). The molecule has 0 aromatic heterocycles. The molecule has 6 heteroatoms. The van der Waals surface area contributed by atoms with Crippen LogP contribution < -0.4 is 16.4 Å². The van der Waals surface area contributed by atoms with Crippen LogP contribution in [-0.2, 0) is 0 Å². The van der Waals surface area contributed by atoms with Crippen LogP contribution in [0.25, 0.3) is 0 Å². The highest BCUT2D eigenvalue weighted by Gasteiger charge is 2.37. The standard InChI is InChI=1S/C8H17N3.3ClH/c9-4-8-1-7(2-10-5-8)3-11-6-8;;;/h7,10-11H,1-6,9H2;3*1H. The maximum absolute atomic E-state index is 5.76. The lowest BCUT2D eigenvalue weighted by Crippen LogP contribution is -2.59. The molecule has 0 aliphatic carbocycles. The Bertz CT molecular complexity index is 147. The Morgan fingerprint density at radius 2 is 1.57 bits per heavy atom. The topological polar surface area (TPSA) is 50.1 Å². The molecule has 14 heavy (non-hydrogen) atoms. The van der Waals surface area contributed by atoms with Crippen LogP contribution in [0.3, 0.4) is 0 Å². The summed E-state index contributed by atoms with van der Waals surface area (Å²) in [6.45, 7) is 5.38. The summed E-state index contributed by atoms with van der Waals surface area (Å²) in [6.07, 6.45) is 1.32. The predicted molar refractivity (Wildman–Crippen MR) is 67.1 cm³/mol. The van der Waals surface area contributed by atoms with E-state index in [1.165, 1.54) is 19.5 Å². The summed E-state index contributed by atoms with van der Waals surface area (Å²) < 4.78 is 0.